The topological polar surface area (TPSA) is 76.1 Å². The predicted octanol–water partition coefficient (Wildman–Crippen LogP) is 4.91. The van der Waals surface area contributed by atoms with Crippen LogP contribution in [0, 0.1) is 0 Å². The Kier molecular flexibility index (Phi) is 6.61. The fraction of sp³-hybridized carbons (Fsp3) is 0.0435. The molecule has 0 spiro atoms. The molecule has 1 amide bonds. The van der Waals surface area contributed by atoms with Crippen molar-refractivity contribution in [3.8, 4) is 16.3 Å². The molecule has 0 saturated carbocycles. The third-order valence-electron chi connectivity index (χ3n) is 4.21. The first kappa shape index (κ1) is 20.6. The Balaban J connectivity index is 1.33. The average Bonchev–Trinajstić information content (AvgIpc) is 3.30. The number of benzene rings is 2. The Morgan fingerprint density at radius 1 is 1.06 bits per heavy atom. The Morgan fingerprint density at radius 2 is 1.94 bits per heavy atom. The van der Waals surface area contributed by atoms with E-state index in [9.17, 15) is 4.79 Å². The molecular weight excluding hydrogens is 428 g/mol. The number of carbonyl (C=O) groups excluding carboxylic acids is 1. The van der Waals surface area contributed by atoms with Crippen molar-refractivity contribution >= 4 is 40.3 Å². The SMILES string of the molecule is O=C(NC(=S)Nc1cccc(OCc2ccccc2)c1)c1csc(-c2cccnc2)n1. The Labute approximate surface area is 189 Å². The number of carbonyl (C=O) groups is 1. The number of ether oxygens (including phenoxy) is 1. The summed E-state index contributed by atoms with van der Waals surface area (Å²) in [5.41, 5.74) is 2.95. The molecule has 31 heavy (non-hydrogen) atoms. The van der Waals surface area contributed by atoms with Crippen molar-refractivity contribution < 1.29 is 9.53 Å². The van der Waals surface area contributed by atoms with Crippen LogP contribution in [0.3, 0.4) is 0 Å². The van der Waals surface area contributed by atoms with Crippen molar-refractivity contribution in [2.75, 3.05) is 5.32 Å². The van der Waals surface area contributed by atoms with Crippen LogP contribution in [0.15, 0.2) is 84.5 Å². The van der Waals surface area contributed by atoms with Gasteiger partial charge in [0.25, 0.3) is 5.91 Å². The number of rotatable bonds is 6. The van der Waals surface area contributed by atoms with Gasteiger partial charge in [-0.25, -0.2) is 4.98 Å². The molecule has 2 aromatic carbocycles. The number of pyridine rings is 1. The molecule has 0 radical (unpaired) electrons. The van der Waals surface area contributed by atoms with E-state index in [1.54, 1.807) is 17.8 Å². The van der Waals surface area contributed by atoms with Gasteiger partial charge in [-0.05, 0) is 42.0 Å². The Hall–Kier alpha value is -3.62. The molecule has 0 atom stereocenters. The highest BCUT2D eigenvalue weighted by atomic mass is 32.1. The van der Waals surface area contributed by atoms with Crippen LogP contribution in [0.5, 0.6) is 5.75 Å². The van der Waals surface area contributed by atoms with Crippen molar-refractivity contribution in [3.63, 3.8) is 0 Å². The highest BCUT2D eigenvalue weighted by Crippen LogP contribution is 2.23. The van der Waals surface area contributed by atoms with Gasteiger partial charge in [-0.3, -0.25) is 15.1 Å². The number of hydrogen-bond donors (Lipinski definition) is 2. The number of aromatic nitrogens is 2. The van der Waals surface area contributed by atoms with Gasteiger partial charge in [0.05, 0.1) is 0 Å². The summed E-state index contributed by atoms with van der Waals surface area (Å²) in [6.07, 6.45) is 3.40. The normalized spacial score (nSPS) is 10.3. The second-order valence-electron chi connectivity index (χ2n) is 6.49. The van der Waals surface area contributed by atoms with Crippen molar-refractivity contribution in [3.05, 3.63) is 95.8 Å². The van der Waals surface area contributed by atoms with Crippen LogP contribution < -0.4 is 15.4 Å². The molecule has 2 heterocycles. The number of thiazole rings is 1. The number of amides is 1. The maximum absolute atomic E-state index is 12.5. The molecular formula is C23H18N4O2S2. The van der Waals surface area contributed by atoms with Crippen molar-refractivity contribution in [1.29, 1.82) is 0 Å². The summed E-state index contributed by atoms with van der Waals surface area (Å²) in [5.74, 6) is 0.323. The van der Waals surface area contributed by atoms with E-state index in [1.807, 2.05) is 66.7 Å². The van der Waals surface area contributed by atoms with Gasteiger partial charge in [0, 0.05) is 35.1 Å². The molecule has 2 aromatic heterocycles. The van der Waals surface area contributed by atoms with E-state index in [2.05, 4.69) is 20.6 Å². The summed E-state index contributed by atoms with van der Waals surface area (Å²) >= 11 is 6.65. The molecule has 4 rings (SSSR count). The first-order valence-corrected chi connectivity index (χ1v) is 10.7. The molecule has 0 unspecified atom stereocenters. The number of nitrogens with zero attached hydrogens (tertiary/aromatic N) is 2. The third kappa shape index (κ3) is 5.71. The van der Waals surface area contributed by atoms with Gasteiger partial charge >= 0.3 is 0 Å². The van der Waals surface area contributed by atoms with Gasteiger partial charge in [-0.15, -0.1) is 11.3 Å². The minimum Gasteiger partial charge on any atom is -0.489 e. The summed E-state index contributed by atoms with van der Waals surface area (Å²) in [6, 6.07) is 21.0. The highest BCUT2D eigenvalue weighted by Gasteiger charge is 2.13. The lowest BCUT2D eigenvalue weighted by molar-refractivity contribution is 0.0973. The summed E-state index contributed by atoms with van der Waals surface area (Å²) in [5, 5.41) is 8.26. The maximum atomic E-state index is 12.5. The monoisotopic (exact) mass is 446 g/mol. The third-order valence-corrected chi connectivity index (χ3v) is 5.31. The molecule has 6 nitrogen and oxygen atoms in total. The number of thiocarbonyl (C=S) groups is 1. The molecule has 0 saturated heterocycles. The van der Waals surface area contributed by atoms with Crippen LogP contribution >= 0.6 is 23.6 Å². The Bertz CT molecular complexity index is 1180. The minimum absolute atomic E-state index is 0.182. The van der Waals surface area contributed by atoms with Crippen LogP contribution in [0.2, 0.25) is 0 Å². The van der Waals surface area contributed by atoms with Gasteiger partial charge in [0.15, 0.2) is 5.11 Å². The second-order valence-corrected chi connectivity index (χ2v) is 7.76. The Morgan fingerprint density at radius 3 is 2.74 bits per heavy atom. The zero-order chi connectivity index (χ0) is 21.5. The van der Waals surface area contributed by atoms with Crippen LogP contribution in [-0.2, 0) is 6.61 Å². The van der Waals surface area contributed by atoms with Gasteiger partial charge < -0.3 is 10.1 Å². The minimum atomic E-state index is -0.375. The molecule has 2 N–H and O–H groups in total. The van der Waals surface area contributed by atoms with E-state index in [0.29, 0.717) is 23.7 Å². The van der Waals surface area contributed by atoms with E-state index in [-0.39, 0.29) is 11.0 Å². The van der Waals surface area contributed by atoms with Crippen LogP contribution in [0.4, 0.5) is 5.69 Å². The quantitative estimate of drug-likeness (QED) is 0.410. The van der Waals surface area contributed by atoms with E-state index in [1.165, 1.54) is 11.3 Å². The van der Waals surface area contributed by atoms with Crippen LogP contribution in [0.25, 0.3) is 10.6 Å². The van der Waals surface area contributed by atoms with E-state index in [0.717, 1.165) is 16.1 Å². The molecule has 4 aromatic rings. The lowest BCUT2D eigenvalue weighted by atomic mass is 10.2. The van der Waals surface area contributed by atoms with Gasteiger partial charge in [-0.2, -0.15) is 0 Å². The van der Waals surface area contributed by atoms with Gasteiger partial charge in [0.1, 0.15) is 23.1 Å². The first-order valence-electron chi connectivity index (χ1n) is 9.42. The summed E-state index contributed by atoms with van der Waals surface area (Å²) in [7, 11) is 0. The highest BCUT2D eigenvalue weighted by molar-refractivity contribution is 7.80. The number of hydrogen-bond acceptors (Lipinski definition) is 6. The smallest absolute Gasteiger partial charge is 0.276 e. The van der Waals surface area contributed by atoms with E-state index < -0.39 is 0 Å². The van der Waals surface area contributed by atoms with Crippen molar-refractivity contribution in [1.82, 2.24) is 15.3 Å². The van der Waals surface area contributed by atoms with E-state index in [4.69, 9.17) is 17.0 Å². The zero-order valence-electron chi connectivity index (χ0n) is 16.3. The van der Waals surface area contributed by atoms with Crippen LogP contribution in [-0.4, -0.2) is 21.0 Å². The van der Waals surface area contributed by atoms with Gasteiger partial charge in [0.2, 0.25) is 0 Å². The summed E-state index contributed by atoms with van der Waals surface area (Å²) < 4.78 is 5.83. The molecule has 0 aliphatic rings. The fourth-order valence-electron chi connectivity index (χ4n) is 2.73. The molecule has 0 fully saturated rings. The lowest BCUT2D eigenvalue weighted by Crippen LogP contribution is -2.34. The first-order chi connectivity index (χ1) is 15.2. The van der Waals surface area contributed by atoms with Crippen molar-refractivity contribution in [2.45, 2.75) is 6.61 Å². The molecule has 8 heteroatoms. The summed E-state index contributed by atoms with van der Waals surface area (Å²) in [4.78, 5) is 20.9. The number of anilines is 1. The molecule has 154 valence electrons. The largest absolute Gasteiger partial charge is 0.489 e. The van der Waals surface area contributed by atoms with Crippen molar-refractivity contribution in [2.24, 2.45) is 0 Å². The number of nitrogens with one attached hydrogen (secondary N) is 2. The molecule has 0 aliphatic heterocycles. The summed E-state index contributed by atoms with van der Waals surface area (Å²) in [6.45, 7) is 0.467. The molecule has 0 aliphatic carbocycles. The standard InChI is InChI=1S/C23H18N4O2S2/c28-21(20-15-31-22(26-20)17-8-5-11-24-13-17)27-23(30)25-18-9-4-10-19(12-18)29-14-16-6-2-1-3-7-16/h1-13,15H,14H2,(H2,25,27,28,30). The lowest BCUT2D eigenvalue weighted by Gasteiger charge is -2.11. The molecule has 0 bridgehead atoms. The maximum Gasteiger partial charge on any atom is 0.276 e. The van der Waals surface area contributed by atoms with Crippen LogP contribution in [0.1, 0.15) is 16.1 Å². The zero-order valence-corrected chi connectivity index (χ0v) is 18.0. The average molecular weight is 447 g/mol. The fourth-order valence-corrected chi connectivity index (χ4v) is 3.74. The second kappa shape index (κ2) is 9.92. The van der Waals surface area contributed by atoms with E-state index >= 15 is 0 Å². The van der Waals surface area contributed by atoms with Gasteiger partial charge in [-0.1, -0.05) is 36.4 Å². The predicted molar refractivity (Wildman–Crippen MR) is 126 cm³/mol.